The predicted octanol–water partition coefficient (Wildman–Crippen LogP) is 15.7. The molecular formula is C54H65N3O4S2. The molecule has 7 nitrogen and oxygen atoms in total. The summed E-state index contributed by atoms with van der Waals surface area (Å²) < 4.78 is 12.4. The number of ether oxygens (including phenoxy) is 2. The van der Waals surface area contributed by atoms with Gasteiger partial charge in [-0.15, -0.1) is 22.7 Å². The molecule has 0 fully saturated rings. The first-order valence-electron chi connectivity index (χ1n) is 23.8. The number of hydrogen-bond acceptors (Lipinski definition) is 8. The van der Waals surface area contributed by atoms with Crippen molar-refractivity contribution in [2.45, 2.75) is 130 Å². The number of carbonyl (C=O) groups is 2. The molecule has 332 valence electrons. The van der Waals surface area contributed by atoms with Crippen LogP contribution in [0.1, 0.15) is 151 Å². The van der Waals surface area contributed by atoms with Gasteiger partial charge in [-0.3, -0.25) is 14.5 Å². The average molecular weight is 884 g/mol. The van der Waals surface area contributed by atoms with Crippen molar-refractivity contribution < 1.29 is 19.1 Å². The molecule has 6 aromatic rings. The van der Waals surface area contributed by atoms with Gasteiger partial charge in [0.25, 0.3) is 11.8 Å². The zero-order chi connectivity index (χ0) is 44.0. The summed E-state index contributed by atoms with van der Waals surface area (Å²) >= 11 is 3.10. The normalized spacial score (nSPS) is 13.0. The molecular weight excluding hydrogens is 819 g/mol. The van der Waals surface area contributed by atoms with Crippen LogP contribution in [-0.4, -0.2) is 46.4 Å². The van der Waals surface area contributed by atoms with Gasteiger partial charge in [-0.2, -0.15) is 0 Å². The number of carbonyl (C=O) groups excluding carboxylic acids is 2. The van der Waals surface area contributed by atoms with Crippen molar-refractivity contribution in [1.82, 2.24) is 14.9 Å². The fourth-order valence-electron chi connectivity index (χ4n) is 8.69. The summed E-state index contributed by atoms with van der Waals surface area (Å²) in [5, 5.41) is 4.03. The van der Waals surface area contributed by atoms with Crippen molar-refractivity contribution in [3.05, 3.63) is 94.7 Å². The standard InChI is InChI=1S/C54H65N3O4S2/c1-5-9-12-14-16-18-33-60-41-29-25-39(26-30-41)49-50(40-27-31-42(32-28-40)61-34-19-17-15-13-10-6-2)56-52-46(44-24-21-36-63-44)48-47(45(51(52)55-49)43-23-20-35-62-43)53(58)57(54(48)59)37-38(8-4)22-11-7-3/h20-21,23-32,35-36,38H,5-19,22,33-34,37H2,1-4H3. The molecule has 1 atom stereocenters. The van der Waals surface area contributed by atoms with Gasteiger partial charge in [-0.05, 0) is 96.6 Å². The fraction of sp³-hybridized carbons (Fsp3) is 0.444. The fourth-order valence-corrected chi connectivity index (χ4v) is 10.2. The van der Waals surface area contributed by atoms with E-state index in [9.17, 15) is 9.59 Å². The molecule has 0 spiro atoms. The maximum absolute atomic E-state index is 14.9. The Bertz CT molecular complexity index is 2220. The minimum absolute atomic E-state index is 0.224. The molecule has 1 aliphatic heterocycles. The maximum Gasteiger partial charge on any atom is 0.262 e. The molecule has 1 unspecified atom stereocenters. The second-order valence-corrected chi connectivity index (χ2v) is 18.9. The Labute approximate surface area is 383 Å². The lowest BCUT2D eigenvalue weighted by atomic mass is 9.92. The molecule has 0 bridgehead atoms. The number of fused-ring (bicyclic) bond motifs is 2. The van der Waals surface area contributed by atoms with Crippen molar-refractivity contribution in [3.8, 4) is 54.9 Å². The second-order valence-electron chi connectivity index (χ2n) is 17.0. The van der Waals surface area contributed by atoms with Crippen LogP contribution in [0.15, 0.2) is 83.6 Å². The molecule has 9 heteroatoms. The number of amides is 2. The highest BCUT2D eigenvalue weighted by molar-refractivity contribution is 7.14. The highest BCUT2D eigenvalue weighted by Crippen LogP contribution is 2.48. The number of unbranched alkanes of at least 4 members (excludes halogenated alkanes) is 11. The van der Waals surface area contributed by atoms with E-state index < -0.39 is 0 Å². The van der Waals surface area contributed by atoms with Crippen LogP contribution in [0, 0.1) is 5.92 Å². The molecule has 4 heterocycles. The van der Waals surface area contributed by atoms with E-state index >= 15 is 0 Å². The third kappa shape index (κ3) is 11.1. The van der Waals surface area contributed by atoms with Gasteiger partial charge in [0, 0.05) is 38.6 Å². The van der Waals surface area contributed by atoms with Gasteiger partial charge in [0.15, 0.2) is 0 Å². The first-order valence-corrected chi connectivity index (χ1v) is 25.5. The molecule has 3 aromatic carbocycles. The van der Waals surface area contributed by atoms with Crippen LogP contribution in [0.25, 0.3) is 54.4 Å². The van der Waals surface area contributed by atoms with Crippen LogP contribution in [0.2, 0.25) is 0 Å². The van der Waals surface area contributed by atoms with Gasteiger partial charge in [-0.1, -0.05) is 123 Å². The Hall–Kier alpha value is -4.86. The number of hydrogen-bond donors (Lipinski definition) is 0. The molecule has 0 saturated heterocycles. The van der Waals surface area contributed by atoms with E-state index in [0.29, 0.717) is 64.4 Å². The summed E-state index contributed by atoms with van der Waals surface area (Å²) in [6, 6.07) is 24.3. The minimum atomic E-state index is -0.246. The largest absolute Gasteiger partial charge is 0.494 e. The molecule has 3 aromatic heterocycles. The van der Waals surface area contributed by atoms with Crippen molar-refractivity contribution >= 4 is 45.5 Å². The topological polar surface area (TPSA) is 81.6 Å². The Morgan fingerprint density at radius 2 is 0.952 bits per heavy atom. The number of imide groups is 1. The van der Waals surface area contributed by atoms with E-state index in [-0.39, 0.29) is 17.7 Å². The van der Waals surface area contributed by atoms with Gasteiger partial charge in [0.05, 0.1) is 46.8 Å². The highest BCUT2D eigenvalue weighted by atomic mass is 32.1. The number of aromatic nitrogens is 2. The monoisotopic (exact) mass is 883 g/mol. The summed E-state index contributed by atoms with van der Waals surface area (Å²) in [6.07, 6.45) is 18.5. The van der Waals surface area contributed by atoms with Gasteiger partial charge < -0.3 is 9.47 Å². The second kappa shape index (κ2) is 23.2. The van der Waals surface area contributed by atoms with Gasteiger partial charge in [-0.25, -0.2) is 9.97 Å². The molecule has 7 rings (SSSR count). The van der Waals surface area contributed by atoms with E-state index in [1.807, 2.05) is 59.3 Å². The van der Waals surface area contributed by atoms with Crippen molar-refractivity contribution in [2.75, 3.05) is 19.8 Å². The zero-order valence-corrected chi connectivity index (χ0v) is 39.5. The van der Waals surface area contributed by atoms with Crippen molar-refractivity contribution in [1.29, 1.82) is 0 Å². The van der Waals surface area contributed by atoms with Crippen LogP contribution in [0.3, 0.4) is 0 Å². The molecule has 0 radical (unpaired) electrons. The predicted molar refractivity (Wildman–Crippen MR) is 263 cm³/mol. The third-order valence-electron chi connectivity index (χ3n) is 12.3. The summed E-state index contributed by atoms with van der Waals surface area (Å²) in [6.45, 7) is 10.6. The Kier molecular flexibility index (Phi) is 17.0. The zero-order valence-electron chi connectivity index (χ0n) is 37.9. The maximum atomic E-state index is 14.9. The lowest BCUT2D eigenvalue weighted by molar-refractivity contribution is 0.0624. The Balaban J connectivity index is 1.34. The lowest BCUT2D eigenvalue weighted by Gasteiger charge is -2.21. The number of nitrogens with zero attached hydrogens (tertiary/aromatic N) is 3. The molecule has 2 amide bonds. The smallest absolute Gasteiger partial charge is 0.262 e. The van der Waals surface area contributed by atoms with Crippen LogP contribution < -0.4 is 9.47 Å². The van der Waals surface area contributed by atoms with Crippen LogP contribution in [0.4, 0.5) is 0 Å². The van der Waals surface area contributed by atoms with E-state index in [1.165, 1.54) is 69.1 Å². The molecule has 63 heavy (non-hydrogen) atoms. The lowest BCUT2D eigenvalue weighted by Crippen LogP contribution is -2.34. The summed E-state index contributed by atoms with van der Waals surface area (Å²) in [5.74, 6) is 1.37. The van der Waals surface area contributed by atoms with E-state index in [2.05, 4.69) is 52.0 Å². The first-order chi connectivity index (χ1) is 31.0. The number of rotatable bonds is 26. The summed E-state index contributed by atoms with van der Waals surface area (Å²) in [4.78, 5) is 44.2. The number of thiophene rings is 2. The van der Waals surface area contributed by atoms with Crippen molar-refractivity contribution in [3.63, 3.8) is 0 Å². The highest BCUT2D eigenvalue weighted by Gasteiger charge is 2.43. The van der Waals surface area contributed by atoms with E-state index in [1.54, 1.807) is 22.7 Å². The first kappa shape index (κ1) is 46.1. The van der Waals surface area contributed by atoms with E-state index in [0.717, 1.165) is 70.9 Å². The van der Waals surface area contributed by atoms with Crippen LogP contribution >= 0.6 is 22.7 Å². The average Bonchev–Trinajstić information content (AvgIpc) is 4.10. The molecule has 0 aliphatic carbocycles. The summed E-state index contributed by atoms with van der Waals surface area (Å²) in [7, 11) is 0. The van der Waals surface area contributed by atoms with E-state index in [4.69, 9.17) is 19.4 Å². The molecule has 0 saturated carbocycles. The Morgan fingerprint density at radius 1 is 0.524 bits per heavy atom. The number of benzene rings is 3. The van der Waals surface area contributed by atoms with Crippen LogP contribution in [-0.2, 0) is 0 Å². The molecule has 0 N–H and O–H groups in total. The van der Waals surface area contributed by atoms with Gasteiger partial charge in [0.1, 0.15) is 11.5 Å². The van der Waals surface area contributed by atoms with Crippen LogP contribution in [0.5, 0.6) is 11.5 Å². The SMILES string of the molecule is CCCCCCCCOc1ccc(-c2nc3c(-c4cccs4)c4c(c(-c5cccs5)c3nc2-c2ccc(OCCCCCCCC)cc2)C(=O)N(CC(CC)CCCC)C4=O)cc1. The Morgan fingerprint density at radius 3 is 1.35 bits per heavy atom. The summed E-state index contributed by atoms with van der Waals surface area (Å²) in [5.41, 5.74) is 6.60. The van der Waals surface area contributed by atoms with Gasteiger partial charge in [0.2, 0.25) is 0 Å². The molecule has 1 aliphatic rings. The third-order valence-corrected chi connectivity index (χ3v) is 14.1. The van der Waals surface area contributed by atoms with Gasteiger partial charge >= 0.3 is 0 Å². The van der Waals surface area contributed by atoms with Crippen molar-refractivity contribution in [2.24, 2.45) is 5.92 Å². The minimum Gasteiger partial charge on any atom is -0.494 e. The quantitative estimate of drug-likeness (QED) is 0.0399.